The summed E-state index contributed by atoms with van der Waals surface area (Å²) in [4.78, 5) is 17.4. The van der Waals surface area contributed by atoms with Gasteiger partial charge in [-0.25, -0.2) is 0 Å². The molecule has 1 heterocycles. The standard InChI is InChI=1S/C19H23F3N4O/c1-24-18(26-11-3-5-15(13-26)12-17(23)27)25-10-2-4-14-6-8-16(9-7-14)19(20,21)22/h6-9,15H,3,5,10-13H2,1H3,(H2,23,27)(H,24,25). The molecule has 27 heavy (non-hydrogen) atoms. The smallest absolute Gasteiger partial charge is 0.370 e. The van der Waals surface area contributed by atoms with E-state index in [1.54, 1.807) is 7.05 Å². The summed E-state index contributed by atoms with van der Waals surface area (Å²) in [5.41, 5.74) is 5.10. The summed E-state index contributed by atoms with van der Waals surface area (Å²) >= 11 is 0. The van der Waals surface area contributed by atoms with E-state index in [-0.39, 0.29) is 11.8 Å². The largest absolute Gasteiger partial charge is 0.416 e. The maximum absolute atomic E-state index is 12.5. The number of guanidine groups is 1. The lowest BCUT2D eigenvalue weighted by Gasteiger charge is -2.34. The number of benzene rings is 1. The van der Waals surface area contributed by atoms with Crippen molar-refractivity contribution < 1.29 is 18.0 Å². The number of carbonyl (C=O) groups excluding carboxylic acids is 1. The molecule has 0 aromatic heterocycles. The van der Waals surface area contributed by atoms with Gasteiger partial charge in [0.1, 0.15) is 0 Å². The number of hydrogen-bond donors (Lipinski definition) is 2. The predicted molar refractivity (Wildman–Crippen MR) is 97.8 cm³/mol. The number of hydrogen-bond acceptors (Lipinski definition) is 2. The molecular weight excluding hydrogens is 357 g/mol. The topological polar surface area (TPSA) is 70.7 Å². The number of primary amides is 1. The van der Waals surface area contributed by atoms with Crippen molar-refractivity contribution in [3.05, 3.63) is 35.4 Å². The zero-order valence-corrected chi connectivity index (χ0v) is 15.1. The monoisotopic (exact) mass is 380 g/mol. The van der Waals surface area contributed by atoms with Crippen molar-refractivity contribution >= 4 is 11.9 Å². The van der Waals surface area contributed by atoms with E-state index in [9.17, 15) is 18.0 Å². The number of rotatable bonds is 3. The van der Waals surface area contributed by atoms with Crippen molar-refractivity contribution in [1.29, 1.82) is 0 Å². The number of nitrogens with one attached hydrogen (secondary N) is 1. The van der Waals surface area contributed by atoms with Gasteiger partial charge in [-0.15, -0.1) is 0 Å². The lowest BCUT2D eigenvalue weighted by molar-refractivity contribution is -0.137. The van der Waals surface area contributed by atoms with Crippen LogP contribution >= 0.6 is 0 Å². The van der Waals surface area contributed by atoms with Crippen LogP contribution in [0.4, 0.5) is 13.2 Å². The van der Waals surface area contributed by atoms with E-state index in [0.717, 1.165) is 31.5 Å². The highest BCUT2D eigenvalue weighted by Gasteiger charge is 2.29. The molecule has 0 radical (unpaired) electrons. The quantitative estimate of drug-likeness (QED) is 0.480. The van der Waals surface area contributed by atoms with Gasteiger partial charge in [0.15, 0.2) is 5.96 Å². The number of nitrogens with zero attached hydrogens (tertiary/aromatic N) is 2. The van der Waals surface area contributed by atoms with Gasteiger partial charge in [0, 0.05) is 32.1 Å². The highest BCUT2D eigenvalue weighted by molar-refractivity contribution is 5.80. The molecule has 1 saturated heterocycles. The molecule has 1 aromatic rings. The number of carbonyl (C=O) groups is 1. The van der Waals surface area contributed by atoms with Crippen LogP contribution in [0.3, 0.4) is 0 Å². The Bertz CT molecular complexity index is 732. The molecule has 2 rings (SSSR count). The van der Waals surface area contributed by atoms with Crippen molar-refractivity contribution in [2.45, 2.75) is 25.4 Å². The fourth-order valence-corrected chi connectivity index (χ4v) is 3.05. The van der Waals surface area contributed by atoms with Gasteiger partial charge in [-0.05, 0) is 43.0 Å². The van der Waals surface area contributed by atoms with Crippen LogP contribution in [-0.4, -0.2) is 43.4 Å². The molecule has 0 aliphatic carbocycles. The molecule has 8 heteroatoms. The Labute approximate surface area is 156 Å². The summed E-state index contributed by atoms with van der Waals surface area (Å²) in [6.45, 7) is 1.85. The molecule has 1 aromatic carbocycles. The van der Waals surface area contributed by atoms with Gasteiger partial charge in [0.05, 0.1) is 12.1 Å². The van der Waals surface area contributed by atoms with Crippen molar-refractivity contribution in [3.63, 3.8) is 0 Å². The Morgan fingerprint density at radius 1 is 1.37 bits per heavy atom. The molecule has 3 N–H and O–H groups in total. The van der Waals surface area contributed by atoms with E-state index in [1.165, 1.54) is 12.1 Å². The summed E-state index contributed by atoms with van der Waals surface area (Å²) in [6.07, 6.45) is -2.07. The summed E-state index contributed by atoms with van der Waals surface area (Å²) < 4.78 is 37.6. The van der Waals surface area contributed by atoms with Crippen LogP contribution in [0.2, 0.25) is 0 Å². The van der Waals surface area contributed by atoms with E-state index in [2.05, 4.69) is 27.0 Å². The second-order valence-electron chi connectivity index (χ2n) is 6.40. The van der Waals surface area contributed by atoms with Gasteiger partial charge in [-0.1, -0.05) is 11.8 Å². The van der Waals surface area contributed by atoms with E-state index >= 15 is 0 Å². The third-order valence-electron chi connectivity index (χ3n) is 4.30. The van der Waals surface area contributed by atoms with E-state index in [4.69, 9.17) is 5.73 Å². The molecule has 146 valence electrons. The minimum Gasteiger partial charge on any atom is -0.370 e. The highest BCUT2D eigenvalue weighted by Crippen LogP contribution is 2.28. The number of amides is 1. The highest BCUT2D eigenvalue weighted by atomic mass is 19.4. The van der Waals surface area contributed by atoms with Crippen LogP contribution in [0.5, 0.6) is 0 Å². The Morgan fingerprint density at radius 3 is 2.67 bits per heavy atom. The Kier molecular flexibility index (Phi) is 7.11. The minimum atomic E-state index is -4.35. The van der Waals surface area contributed by atoms with Gasteiger partial charge in [-0.2, -0.15) is 13.2 Å². The zero-order valence-electron chi connectivity index (χ0n) is 15.1. The predicted octanol–water partition coefficient (Wildman–Crippen LogP) is 2.22. The molecular formula is C19H23F3N4O. The van der Waals surface area contributed by atoms with Gasteiger partial charge in [-0.3, -0.25) is 9.79 Å². The normalized spacial score (nSPS) is 17.9. The second kappa shape index (κ2) is 9.31. The Balaban J connectivity index is 1.88. The van der Waals surface area contributed by atoms with E-state index in [0.29, 0.717) is 31.0 Å². The van der Waals surface area contributed by atoms with Crippen LogP contribution in [0.25, 0.3) is 0 Å². The Morgan fingerprint density at radius 2 is 2.07 bits per heavy atom. The number of likely N-dealkylation sites (tertiary alicyclic amines) is 1. The molecule has 5 nitrogen and oxygen atoms in total. The molecule has 1 aliphatic rings. The number of aliphatic imine (C=N–C) groups is 1. The average molecular weight is 380 g/mol. The maximum Gasteiger partial charge on any atom is 0.416 e. The Hall–Kier alpha value is -2.69. The number of piperidine rings is 1. The first-order valence-electron chi connectivity index (χ1n) is 8.69. The first-order chi connectivity index (χ1) is 12.8. The van der Waals surface area contributed by atoms with E-state index in [1.807, 2.05) is 0 Å². The lowest BCUT2D eigenvalue weighted by Crippen LogP contribution is -2.47. The van der Waals surface area contributed by atoms with Crippen LogP contribution < -0.4 is 11.1 Å². The van der Waals surface area contributed by atoms with Gasteiger partial charge in [0.25, 0.3) is 0 Å². The molecule has 1 amide bonds. The number of halogens is 3. The van der Waals surface area contributed by atoms with Gasteiger partial charge >= 0.3 is 6.18 Å². The first-order valence-corrected chi connectivity index (χ1v) is 8.69. The van der Waals surface area contributed by atoms with Crippen LogP contribution in [0.15, 0.2) is 29.3 Å². The lowest BCUT2D eigenvalue weighted by atomic mass is 9.95. The van der Waals surface area contributed by atoms with Crippen molar-refractivity contribution in [3.8, 4) is 11.8 Å². The minimum absolute atomic E-state index is 0.216. The third kappa shape index (κ3) is 6.51. The molecule has 1 atom stereocenters. The van der Waals surface area contributed by atoms with Crippen molar-refractivity contribution in [1.82, 2.24) is 10.2 Å². The van der Waals surface area contributed by atoms with Gasteiger partial charge < -0.3 is 16.0 Å². The molecule has 0 saturated carbocycles. The number of alkyl halides is 3. The summed E-state index contributed by atoms with van der Waals surface area (Å²) in [5, 5.41) is 3.13. The fourth-order valence-electron chi connectivity index (χ4n) is 3.05. The fraction of sp³-hybridized carbons (Fsp3) is 0.474. The first kappa shape index (κ1) is 20.6. The molecule has 1 unspecified atom stereocenters. The summed E-state index contributed by atoms with van der Waals surface area (Å²) in [6, 6.07) is 4.74. The molecule has 1 aliphatic heterocycles. The SMILES string of the molecule is CN=C(NCC#Cc1ccc(C(F)(F)F)cc1)N1CCCC(CC(N)=O)C1. The molecule has 0 bridgehead atoms. The van der Waals surface area contributed by atoms with Crippen molar-refractivity contribution in [2.24, 2.45) is 16.6 Å². The summed E-state index contributed by atoms with van der Waals surface area (Å²) in [7, 11) is 1.67. The van der Waals surface area contributed by atoms with Gasteiger partial charge in [0.2, 0.25) is 5.91 Å². The molecule has 0 spiro atoms. The third-order valence-corrected chi connectivity index (χ3v) is 4.30. The van der Waals surface area contributed by atoms with Crippen LogP contribution in [0.1, 0.15) is 30.4 Å². The molecule has 1 fully saturated rings. The van der Waals surface area contributed by atoms with Crippen molar-refractivity contribution in [2.75, 3.05) is 26.7 Å². The second-order valence-corrected chi connectivity index (χ2v) is 6.40. The average Bonchev–Trinajstić information content (AvgIpc) is 2.61. The van der Waals surface area contributed by atoms with E-state index < -0.39 is 11.7 Å². The van der Waals surface area contributed by atoms with Crippen LogP contribution in [-0.2, 0) is 11.0 Å². The maximum atomic E-state index is 12.5. The zero-order chi connectivity index (χ0) is 19.9. The number of nitrogens with two attached hydrogens (primary N) is 1. The summed E-state index contributed by atoms with van der Waals surface area (Å²) in [5.74, 6) is 6.31. The van der Waals surface area contributed by atoms with Crippen LogP contribution in [0, 0.1) is 17.8 Å².